The molecule has 0 aliphatic carbocycles. The molecule has 0 radical (unpaired) electrons. The molecule has 0 fully saturated rings. The second-order valence-corrected chi connectivity index (χ2v) is 9.41. The Balaban J connectivity index is 2.42. The van der Waals surface area contributed by atoms with Gasteiger partial charge in [0.2, 0.25) is 10.0 Å². The van der Waals surface area contributed by atoms with Crippen LogP contribution in [0.5, 0.6) is 0 Å². The number of halogens is 1. The molecule has 19 heavy (non-hydrogen) atoms. The van der Waals surface area contributed by atoms with Crippen molar-refractivity contribution in [3.63, 3.8) is 0 Å². The fourth-order valence-corrected chi connectivity index (χ4v) is 3.62. The average molecular weight is 322 g/mol. The molecule has 0 spiro atoms. The Hall–Kier alpha value is -0.230. The predicted octanol–water partition coefficient (Wildman–Crippen LogP) is 3.29. The number of sulfonamides is 1. The predicted molar refractivity (Wildman–Crippen MR) is 84.3 cm³/mol. The zero-order valence-corrected chi connectivity index (χ0v) is 13.8. The lowest BCUT2D eigenvalue weighted by molar-refractivity contribution is 0.583. The largest absolute Gasteiger partial charge is 0.215 e. The van der Waals surface area contributed by atoms with Crippen LogP contribution in [0.15, 0.2) is 24.3 Å². The van der Waals surface area contributed by atoms with Crippen LogP contribution in [0, 0.1) is 0 Å². The van der Waals surface area contributed by atoms with Gasteiger partial charge in [0.15, 0.2) is 0 Å². The number of hydrogen-bond acceptors (Lipinski definition) is 3. The van der Waals surface area contributed by atoms with Gasteiger partial charge < -0.3 is 0 Å². The molecule has 1 aromatic rings. The molecule has 0 atom stereocenters. The SMILES string of the molecule is CC(C)(C)SCCNS(=O)(=O)Cc1ccc(Cl)cc1. The minimum Gasteiger partial charge on any atom is -0.214 e. The van der Waals surface area contributed by atoms with Crippen LogP contribution in [-0.2, 0) is 15.8 Å². The van der Waals surface area contributed by atoms with Gasteiger partial charge in [0.1, 0.15) is 0 Å². The summed E-state index contributed by atoms with van der Waals surface area (Å²) in [6.45, 7) is 6.79. The molecule has 108 valence electrons. The maximum Gasteiger partial charge on any atom is 0.215 e. The molecule has 1 N–H and O–H groups in total. The van der Waals surface area contributed by atoms with Crippen LogP contribution in [0.2, 0.25) is 5.02 Å². The third kappa shape index (κ3) is 7.82. The van der Waals surface area contributed by atoms with Crippen molar-refractivity contribution < 1.29 is 8.42 Å². The van der Waals surface area contributed by atoms with Gasteiger partial charge in [0, 0.05) is 22.1 Å². The number of nitrogens with one attached hydrogen (secondary N) is 1. The van der Waals surface area contributed by atoms with Gasteiger partial charge in [-0.2, -0.15) is 11.8 Å². The van der Waals surface area contributed by atoms with Crippen molar-refractivity contribution in [2.24, 2.45) is 0 Å². The molecule has 3 nitrogen and oxygen atoms in total. The van der Waals surface area contributed by atoms with Gasteiger partial charge in [-0.25, -0.2) is 13.1 Å². The molecule has 1 aromatic carbocycles. The first kappa shape index (κ1) is 16.8. The summed E-state index contributed by atoms with van der Waals surface area (Å²) in [7, 11) is -3.27. The number of hydrogen-bond donors (Lipinski definition) is 1. The van der Waals surface area contributed by atoms with Crippen LogP contribution in [0.1, 0.15) is 26.3 Å². The van der Waals surface area contributed by atoms with E-state index in [-0.39, 0.29) is 10.5 Å². The van der Waals surface area contributed by atoms with E-state index < -0.39 is 10.0 Å². The van der Waals surface area contributed by atoms with Crippen LogP contribution < -0.4 is 4.72 Å². The topological polar surface area (TPSA) is 46.2 Å². The summed E-state index contributed by atoms with van der Waals surface area (Å²) in [5, 5.41) is 0.607. The smallest absolute Gasteiger partial charge is 0.214 e. The summed E-state index contributed by atoms with van der Waals surface area (Å²) < 4.78 is 26.5. The van der Waals surface area contributed by atoms with E-state index >= 15 is 0 Å². The van der Waals surface area contributed by atoms with Crippen molar-refractivity contribution in [1.29, 1.82) is 0 Å². The van der Waals surface area contributed by atoms with Crippen molar-refractivity contribution in [1.82, 2.24) is 4.72 Å². The molecule has 0 saturated carbocycles. The Morgan fingerprint density at radius 1 is 1.21 bits per heavy atom. The van der Waals surface area contributed by atoms with Gasteiger partial charge in [0.05, 0.1) is 5.75 Å². The molecular formula is C13H20ClNO2S2. The van der Waals surface area contributed by atoms with Crippen molar-refractivity contribution in [2.45, 2.75) is 31.3 Å². The van der Waals surface area contributed by atoms with Crippen molar-refractivity contribution in [3.8, 4) is 0 Å². The van der Waals surface area contributed by atoms with Gasteiger partial charge in [-0.3, -0.25) is 0 Å². The third-order valence-electron chi connectivity index (χ3n) is 2.23. The second-order valence-electron chi connectivity index (χ2n) is 5.24. The Kier molecular flexibility index (Phi) is 6.17. The number of rotatable bonds is 6. The standard InChI is InChI=1S/C13H20ClNO2S2/c1-13(2,3)18-9-8-15-19(16,17)10-11-4-6-12(14)7-5-11/h4-7,15H,8-10H2,1-3H3. The summed E-state index contributed by atoms with van der Waals surface area (Å²) in [5.41, 5.74) is 0.736. The van der Waals surface area contributed by atoms with E-state index in [9.17, 15) is 8.42 Å². The molecule has 0 bridgehead atoms. The van der Waals surface area contributed by atoms with Crippen molar-refractivity contribution >= 4 is 33.4 Å². The maximum absolute atomic E-state index is 11.9. The Morgan fingerprint density at radius 3 is 2.32 bits per heavy atom. The molecule has 0 amide bonds. The highest BCUT2D eigenvalue weighted by atomic mass is 35.5. The van der Waals surface area contributed by atoms with Crippen LogP contribution in [0.4, 0.5) is 0 Å². The van der Waals surface area contributed by atoms with Gasteiger partial charge in [-0.15, -0.1) is 0 Å². The highest BCUT2D eigenvalue weighted by molar-refractivity contribution is 8.00. The van der Waals surface area contributed by atoms with E-state index in [4.69, 9.17) is 11.6 Å². The van der Waals surface area contributed by atoms with Crippen LogP contribution in [0.3, 0.4) is 0 Å². The van der Waals surface area contributed by atoms with Crippen molar-refractivity contribution in [2.75, 3.05) is 12.3 Å². The average Bonchev–Trinajstić information content (AvgIpc) is 2.26. The highest BCUT2D eigenvalue weighted by Crippen LogP contribution is 2.22. The zero-order chi connectivity index (χ0) is 14.5. The summed E-state index contributed by atoms with van der Waals surface area (Å²) in [6.07, 6.45) is 0. The van der Waals surface area contributed by atoms with E-state index in [1.807, 2.05) is 0 Å². The lowest BCUT2D eigenvalue weighted by atomic mass is 10.2. The first-order chi connectivity index (χ1) is 8.68. The monoisotopic (exact) mass is 321 g/mol. The lowest BCUT2D eigenvalue weighted by Crippen LogP contribution is -2.28. The summed E-state index contributed by atoms with van der Waals surface area (Å²) in [6, 6.07) is 6.85. The van der Waals surface area contributed by atoms with Gasteiger partial charge in [0.25, 0.3) is 0 Å². The van der Waals surface area contributed by atoms with E-state index in [1.54, 1.807) is 36.0 Å². The lowest BCUT2D eigenvalue weighted by Gasteiger charge is -2.17. The first-order valence-electron chi connectivity index (χ1n) is 6.04. The van der Waals surface area contributed by atoms with Crippen LogP contribution >= 0.6 is 23.4 Å². The molecule has 0 unspecified atom stereocenters. The number of thioether (sulfide) groups is 1. The van der Waals surface area contributed by atoms with E-state index in [0.29, 0.717) is 11.6 Å². The van der Waals surface area contributed by atoms with Crippen LogP contribution in [-0.4, -0.2) is 25.5 Å². The third-order valence-corrected chi connectivity index (χ3v) is 5.11. The minimum atomic E-state index is -3.27. The Labute approximate surface area is 125 Å². The molecular weight excluding hydrogens is 302 g/mol. The quantitative estimate of drug-likeness (QED) is 0.818. The zero-order valence-electron chi connectivity index (χ0n) is 11.4. The maximum atomic E-state index is 11.9. The van der Waals surface area contributed by atoms with E-state index in [2.05, 4.69) is 25.5 Å². The fraction of sp³-hybridized carbons (Fsp3) is 0.538. The van der Waals surface area contributed by atoms with E-state index in [0.717, 1.165) is 11.3 Å². The van der Waals surface area contributed by atoms with E-state index in [1.165, 1.54) is 0 Å². The Bertz CT molecular complexity index is 492. The van der Waals surface area contributed by atoms with Gasteiger partial charge >= 0.3 is 0 Å². The first-order valence-corrected chi connectivity index (χ1v) is 9.05. The molecule has 6 heteroatoms. The molecule has 1 rings (SSSR count). The molecule has 0 aromatic heterocycles. The molecule has 0 aliphatic heterocycles. The summed E-state index contributed by atoms with van der Waals surface area (Å²) in [4.78, 5) is 0. The fourth-order valence-electron chi connectivity index (χ4n) is 1.41. The van der Waals surface area contributed by atoms with Crippen LogP contribution in [0.25, 0.3) is 0 Å². The summed E-state index contributed by atoms with van der Waals surface area (Å²) >= 11 is 7.50. The van der Waals surface area contributed by atoms with Gasteiger partial charge in [-0.05, 0) is 17.7 Å². The normalized spacial score (nSPS) is 12.6. The molecule has 0 saturated heterocycles. The number of benzene rings is 1. The minimum absolute atomic E-state index is 0.00957. The summed E-state index contributed by atoms with van der Waals surface area (Å²) in [5.74, 6) is 0.758. The second kappa shape index (κ2) is 6.97. The highest BCUT2D eigenvalue weighted by Gasteiger charge is 2.13. The van der Waals surface area contributed by atoms with Gasteiger partial charge in [-0.1, -0.05) is 44.5 Å². The molecule has 0 aliphatic rings. The Morgan fingerprint density at radius 2 is 1.79 bits per heavy atom. The molecule has 0 heterocycles. The van der Waals surface area contributed by atoms with Crippen molar-refractivity contribution in [3.05, 3.63) is 34.9 Å².